The summed E-state index contributed by atoms with van der Waals surface area (Å²) in [5.41, 5.74) is 2.18. The van der Waals surface area contributed by atoms with Crippen LogP contribution in [0.4, 0.5) is 0 Å². The Morgan fingerprint density at radius 3 is 2.93 bits per heavy atom. The van der Waals surface area contributed by atoms with Gasteiger partial charge in [0.1, 0.15) is 6.61 Å². The van der Waals surface area contributed by atoms with Gasteiger partial charge in [0.2, 0.25) is 0 Å². The van der Waals surface area contributed by atoms with E-state index in [2.05, 4.69) is 28.9 Å². The highest BCUT2D eigenvalue weighted by Crippen LogP contribution is 2.28. The maximum atomic E-state index is 9.32. The number of hydrogen-bond acceptors (Lipinski definition) is 5. The van der Waals surface area contributed by atoms with Crippen molar-refractivity contribution in [2.24, 2.45) is 5.92 Å². The van der Waals surface area contributed by atoms with Crippen LogP contribution < -0.4 is 14.8 Å². The van der Waals surface area contributed by atoms with Crippen molar-refractivity contribution < 1.29 is 14.6 Å². The number of aliphatic hydroxyl groups excluding tert-OH is 1. The van der Waals surface area contributed by atoms with Gasteiger partial charge in [-0.15, -0.1) is 0 Å². The lowest BCUT2D eigenvalue weighted by molar-refractivity contribution is 0.119. The normalized spacial score (nSPS) is 17.7. The molecule has 1 saturated heterocycles. The molecule has 1 heterocycles. The summed E-state index contributed by atoms with van der Waals surface area (Å²) in [7, 11) is 0. The van der Waals surface area contributed by atoms with Gasteiger partial charge >= 0.3 is 0 Å². The summed E-state index contributed by atoms with van der Waals surface area (Å²) in [6, 6.07) is 6.12. The third-order valence-electron chi connectivity index (χ3n) is 4.80. The first-order valence-corrected chi connectivity index (χ1v) is 10.2. The Bertz CT molecular complexity index is 577. The van der Waals surface area contributed by atoms with Crippen molar-refractivity contribution >= 4 is 0 Å². The van der Waals surface area contributed by atoms with E-state index in [0.29, 0.717) is 25.7 Å². The molecule has 152 valence electrons. The second-order valence-electron chi connectivity index (χ2n) is 7.48. The van der Waals surface area contributed by atoms with E-state index in [4.69, 9.17) is 9.47 Å². The van der Waals surface area contributed by atoms with Crippen LogP contribution in [0.25, 0.3) is 0 Å². The van der Waals surface area contributed by atoms with Gasteiger partial charge in [-0.1, -0.05) is 12.6 Å². The Balaban J connectivity index is 1.73. The summed E-state index contributed by atoms with van der Waals surface area (Å²) in [6.07, 6.45) is 3.49. The first kappa shape index (κ1) is 21.7. The molecule has 1 aromatic rings. The van der Waals surface area contributed by atoms with Crippen molar-refractivity contribution in [2.45, 2.75) is 39.7 Å². The van der Waals surface area contributed by atoms with E-state index >= 15 is 0 Å². The zero-order valence-corrected chi connectivity index (χ0v) is 17.0. The number of likely N-dealkylation sites (tertiary alicyclic amines) is 1. The predicted octanol–water partition coefficient (Wildman–Crippen LogP) is 3.22. The highest BCUT2D eigenvalue weighted by Gasteiger charge is 2.18. The smallest absolute Gasteiger partial charge is 0.161 e. The van der Waals surface area contributed by atoms with Crippen LogP contribution >= 0.6 is 0 Å². The van der Waals surface area contributed by atoms with E-state index in [1.165, 1.54) is 24.9 Å². The van der Waals surface area contributed by atoms with Crippen LogP contribution in [-0.4, -0.2) is 56.0 Å². The van der Waals surface area contributed by atoms with E-state index in [-0.39, 0.29) is 0 Å². The minimum Gasteiger partial charge on any atom is -0.490 e. The molecule has 0 radical (unpaired) electrons. The van der Waals surface area contributed by atoms with Crippen LogP contribution in [0, 0.1) is 5.92 Å². The molecule has 0 aromatic heterocycles. The van der Waals surface area contributed by atoms with Crippen LogP contribution in [-0.2, 0) is 6.54 Å². The minimum absolute atomic E-state index is 0.322. The molecule has 0 amide bonds. The van der Waals surface area contributed by atoms with Gasteiger partial charge in [-0.25, -0.2) is 0 Å². The van der Waals surface area contributed by atoms with Crippen molar-refractivity contribution in [3.05, 3.63) is 35.9 Å². The van der Waals surface area contributed by atoms with Crippen LogP contribution in [0.1, 0.15) is 38.7 Å². The molecule has 27 heavy (non-hydrogen) atoms. The van der Waals surface area contributed by atoms with Crippen LogP contribution in [0.3, 0.4) is 0 Å². The van der Waals surface area contributed by atoms with Crippen LogP contribution in [0.15, 0.2) is 30.4 Å². The van der Waals surface area contributed by atoms with Gasteiger partial charge in [-0.05, 0) is 81.9 Å². The van der Waals surface area contributed by atoms with Crippen molar-refractivity contribution in [3.8, 4) is 11.5 Å². The lowest BCUT2D eigenvalue weighted by Gasteiger charge is -2.31. The number of nitrogens with zero attached hydrogens (tertiary/aromatic N) is 1. The van der Waals surface area contributed by atoms with Crippen molar-refractivity contribution in [1.82, 2.24) is 10.2 Å². The molecule has 2 rings (SSSR count). The third kappa shape index (κ3) is 7.91. The zero-order chi connectivity index (χ0) is 19.5. The molecule has 0 saturated carbocycles. The summed E-state index contributed by atoms with van der Waals surface area (Å²) < 4.78 is 11.5. The second-order valence-corrected chi connectivity index (χ2v) is 7.48. The van der Waals surface area contributed by atoms with Crippen molar-refractivity contribution in [2.75, 3.05) is 46.0 Å². The maximum Gasteiger partial charge on any atom is 0.161 e. The lowest BCUT2D eigenvalue weighted by Crippen LogP contribution is -2.38. The fraction of sp³-hybridized carbons (Fsp3) is 0.636. The van der Waals surface area contributed by atoms with Crippen molar-refractivity contribution in [1.29, 1.82) is 0 Å². The molecule has 0 aliphatic carbocycles. The van der Waals surface area contributed by atoms with Gasteiger partial charge in [0.25, 0.3) is 0 Å². The minimum atomic E-state index is 0.322. The third-order valence-corrected chi connectivity index (χ3v) is 4.80. The molecule has 1 atom stereocenters. The fourth-order valence-corrected chi connectivity index (χ4v) is 3.41. The molecule has 0 bridgehead atoms. The van der Waals surface area contributed by atoms with E-state index in [1.807, 2.05) is 19.9 Å². The lowest BCUT2D eigenvalue weighted by atomic mass is 9.99. The van der Waals surface area contributed by atoms with Gasteiger partial charge in [0.15, 0.2) is 11.5 Å². The number of hydrogen-bond donors (Lipinski definition) is 2. The molecule has 1 aliphatic rings. The van der Waals surface area contributed by atoms with Gasteiger partial charge in [-0.3, -0.25) is 0 Å². The first-order valence-electron chi connectivity index (χ1n) is 10.2. The molecule has 2 N–H and O–H groups in total. The number of benzene rings is 1. The van der Waals surface area contributed by atoms with E-state index in [9.17, 15) is 5.11 Å². The largest absolute Gasteiger partial charge is 0.490 e. The SMILES string of the molecule is C=C(C)COc1ccc(CNCCCN2CCCC(CO)C2)cc1OCC. The summed E-state index contributed by atoms with van der Waals surface area (Å²) in [4.78, 5) is 2.48. The molecule has 5 nitrogen and oxygen atoms in total. The number of ether oxygens (including phenoxy) is 2. The average molecular weight is 377 g/mol. The monoisotopic (exact) mass is 376 g/mol. The number of aliphatic hydroxyl groups is 1. The molecule has 1 unspecified atom stereocenters. The standard InChI is InChI=1S/C22H36N2O3/c1-4-26-22-13-19(8-9-21(22)27-17-18(2)3)14-23-10-6-12-24-11-5-7-20(15-24)16-25/h8-9,13,20,23,25H,2,4-7,10-12,14-17H2,1,3H3. The fourth-order valence-electron chi connectivity index (χ4n) is 3.41. The molecule has 1 aromatic carbocycles. The molecular weight excluding hydrogens is 340 g/mol. The first-order chi connectivity index (χ1) is 13.1. The molecule has 1 fully saturated rings. The predicted molar refractivity (Wildman–Crippen MR) is 110 cm³/mol. The summed E-state index contributed by atoms with van der Waals surface area (Å²) >= 11 is 0. The molecule has 5 heteroatoms. The van der Waals surface area contributed by atoms with Gasteiger partial charge in [0.05, 0.1) is 6.61 Å². The van der Waals surface area contributed by atoms with E-state index in [1.54, 1.807) is 0 Å². The van der Waals surface area contributed by atoms with E-state index < -0.39 is 0 Å². The number of rotatable bonds is 12. The number of piperidine rings is 1. The topological polar surface area (TPSA) is 54.0 Å². The average Bonchev–Trinajstić information content (AvgIpc) is 2.67. The maximum absolute atomic E-state index is 9.32. The molecule has 0 spiro atoms. The zero-order valence-electron chi connectivity index (χ0n) is 17.0. The van der Waals surface area contributed by atoms with Crippen LogP contribution in [0.5, 0.6) is 11.5 Å². The quantitative estimate of drug-likeness (QED) is 0.433. The van der Waals surface area contributed by atoms with Crippen molar-refractivity contribution in [3.63, 3.8) is 0 Å². The van der Waals surface area contributed by atoms with E-state index in [0.717, 1.165) is 49.7 Å². The Morgan fingerprint density at radius 2 is 2.19 bits per heavy atom. The Labute approximate surface area is 164 Å². The van der Waals surface area contributed by atoms with Crippen LogP contribution in [0.2, 0.25) is 0 Å². The molecular formula is C22H36N2O3. The summed E-state index contributed by atoms with van der Waals surface area (Å²) in [5.74, 6) is 2.03. The number of nitrogens with one attached hydrogen (secondary N) is 1. The Hall–Kier alpha value is -1.56. The highest BCUT2D eigenvalue weighted by atomic mass is 16.5. The van der Waals surface area contributed by atoms with Gasteiger partial charge in [-0.2, -0.15) is 0 Å². The van der Waals surface area contributed by atoms with Gasteiger partial charge < -0.3 is 24.8 Å². The molecule has 1 aliphatic heterocycles. The second kappa shape index (κ2) is 12.0. The Morgan fingerprint density at radius 1 is 1.33 bits per heavy atom. The Kier molecular flexibility index (Phi) is 9.67. The highest BCUT2D eigenvalue weighted by molar-refractivity contribution is 5.43. The summed E-state index contributed by atoms with van der Waals surface area (Å²) in [6.45, 7) is 14.4. The summed E-state index contributed by atoms with van der Waals surface area (Å²) in [5, 5.41) is 12.8. The van der Waals surface area contributed by atoms with Gasteiger partial charge in [0, 0.05) is 19.7 Å².